The van der Waals surface area contributed by atoms with Gasteiger partial charge in [0.1, 0.15) is 5.75 Å². The van der Waals surface area contributed by atoms with Crippen molar-refractivity contribution < 1.29 is 14.3 Å². The molecule has 1 saturated heterocycles. The Morgan fingerprint density at radius 1 is 1.26 bits per heavy atom. The van der Waals surface area contributed by atoms with Gasteiger partial charge in [0.2, 0.25) is 5.91 Å². The zero-order valence-electron chi connectivity index (χ0n) is 15.7. The highest BCUT2D eigenvalue weighted by molar-refractivity contribution is 6.00. The SMILES string of the molecule is COc1ccc(C(=O)C2CCCN(C(=O)/C=C/c3ccccn3)C2)c(C)c1. The molecule has 140 valence electrons. The number of benzene rings is 1. The first-order valence-corrected chi connectivity index (χ1v) is 9.15. The van der Waals surface area contributed by atoms with E-state index in [9.17, 15) is 9.59 Å². The molecule has 1 aliphatic rings. The number of hydrogen-bond acceptors (Lipinski definition) is 4. The van der Waals surface area contributed by atoms with Gasteiger partial charge in [-0.05, 0) is 61.7 Å². The molecule has 0 saturated carbocycles. The summed E-state index contributed by atoms with van der Waals surface area (Å²) >= 11 is 0. The number of ketones is 1. The molecule has 1 aromatic heterocycles. The third kappa shape index (κ3) is 4.61. The fourth-order valence-corrected chi connectivity index (χ4v) is 3.39. The molecule has 5 nitrogen and oxygen atoms in total. The van der Waals surface area contributed by atoms with Crippen molar-refractivity contribution in [2.45, 2.75) is 19.8 Å². The Balaban J connectivity index is 1.67. The second-order valence-electron chi connectivity index (χ2n) is 6.76. The zero-order chi connectivity index (χ0) is 19.2. The molecule has 0 spiro atoms. The van der Waals surface area contributed by atoms with Gasteiger partial charge in [-0.25, -0.2) is 0 Å². The number of likely N-dealkylation sites (tertiary alicyclic amines) is 1. The monoisotopic (exact) mass is 364 g/mol. The topological polar surface area (TPSA) is 59.5 Å². The van der Waals surface area contributed by atoms with Crippen molar-refractivity contribution >= 4 is 17.8 Å². The van der Waals surface area contributed by atoms with Gasteiger partial charge in [0.05, 0.1) is 12.8 Å². The molecule has 3 rings (SSSR count). The number of Topliss-reactive ketones (excluding diaryl/α,β-unsaturated/α-hetero) is 1. The standard InChI is InChI=1S/C22H24N2O3/c1-16-14-19(27-2)9-10-20(16)22(26)17-6-5-13-24(15-17)21(25)11-8-18-7-3-4-12-23-18/h3-4,7-12,14,17H,5-6,13,15H2,1-2H3/b11-8+. The maximum atomic E-state index is 13.0. The lowest BCUT2D eigenvalue weighted by molar-refractivity contribution is -0.127. The quantitative estimate of drug-likeness (QED) is 0.601. The molecular formula is C22H24N2O3. The molecule has 1 aromatic carbocycles. The van der Waals surface area contributed by atoms with Crippen molar-refractivity contribution in [3.63, 3.8) is 0 Å². The minimum atomic E-state index is -0.168. The summed E-state index contributed by atoms with van der Waals surface area (Å²) in [7, 11) is 1.61. The van der Waals surface area contributed by atoms with Gasteiger partial charge in [-0.15, -0.1) is 0 Å². The number of pyridine rings is 1. The predicted octanol–water partition coefficient (Wildman–Crippen LogP) is 3.53. The highest BCUT2D eigenvalue weighted by Gasteiger charge is 2.29. The first-order valence-electron chi connectivity index (χ1n) is 9.15. The molecule has 1 aliphatic heterocycles. The summed E-state index contributed by atoms with van der Waals surface area (Å²) in [6.45, 7) is 3.05. The summed E-state index contributed by atoms with van der Waals surface area (Å²) in [4.78, 5) is 31.4. The summed E-state index contributed by atoms with van der Waals surface area (Å²) in [5.41, 5.74) is 2.35. The summed E-state index contributed by atoms with van der Waals surface area (Å²) in [5.74, 6) is 0.591. The van der Waals surface area contributed by atoms with E-state index in [4.69, 9.17) is 4.74 Å². The third-order valence-corrected chi connectivity index (χ3v) is 4.89. The Kier molecular flexibility index (Phi) is 6.01. The maximum Gasteiger partial charge on any atom is 0.246 e. The number of methoxy groups -OCH3 is 1. The first kappa shape index (κ1) is 18.8. The number of carbonyl (C=O) groups excluding carboxylic acids is 2. The fraction of sp³-hybridized carbons (Fsp3) is 0.318. The van der Waals surface area contributed by atoms with Crippen LogP contribution in [0.3, 0.4) is 0 Å². The van der Waals surface area contributed by atoms with Crippen LogP contribution in [0.1, 0.15) is 34.5 Å². The van der Waals surface area contributed by atoms with E-state index in [-0.39, 0.29) is 17.6 Å². The normalized spacial score (nSPS) is 17.1. The van der Waals surface area contributed by atoms with E-state index in [1.54, 1.807) is 24.3 Å². The average molecular weight is 364 g/mol. The number of carbonyl (C=O) groups is 2. The largest absolute Gasteiger partial charge is 0.497 e. The van der Waals surface area contributed by atoms with Gasteiger partial charge in [-0.1, -0.05) is 6.07 Å². The Bertz CT molecular complexity index is 846. The van der Waals surface area contributed by atoms with E-state index in [0.717, 1.165) is 29.8 Å². The lowest BCUT2D eigenvalue weighted by Crippen LogP contribution is -2.41. The van der Waals surface area contributed by atoms with Crippen LogP contribution in [0, 0.1) is 12.8 Å². The second-order valence-corrected chi connectivity index (χ2v) is 6.76. The maximum absolute atomic E-state index is 13.0. The Morgan fingerprint density at radius 2 is 2.11 bits per heavy atom. The molecular weight excluding hydrogens is 340 g/mol. The Morgan fingerprint density at radius 3 is 2.81 bits per heavy atom. The van der Waals surface area contributed by atoms with Crippen LogP contribution in [0.5, 0.6) is 5.75 Å². The highest BCUT2D eigenvalue weighted by Crippen LogP contribution is 2.25. The van der Waals surface area contributed by atoms with E-state index < -0.39 is 0 Å². The lowest BCUT2D eigenvalue weighted by atomic mass is 9.88. The van der Waals surface area contributed by atoms with Gasteiger partial charge < -0.3 is 9.64 Å². The van der Waals surface area contributed by atoms with Crippen molar-refractivity contribution in [3.8, 4) is 5.75 Å². The van der Waals surface area contributed by atoms with Gasteiger partial charge in [0.15, 0.2) is 5.78 Å². The van der Waals surface area contributed by atoms with Crippen LogP contribution in [0.4, 0.5) is 0 Å². The summed E-state index contributed by atoms with van der Waals surface area (Å²) in [6.07, 6.45) is 6.57. The number of hydrogen-bond donors (Lipinski definition) is 0. The van der Waals surface area contributed by atoms with E-state index >= 15 is 0 Å². The van der Waals surface area contributed by atoms with Gasteiger partial charge >= 0.3 is 0 Å². The predicted molar refractivity (Wildman–Crippen MR) is 105 cm³/mol. The Labute approximate surface area is 159 Å². The number of rotatable bonds is 5. The lowest BCUT2D eigenvalue weighted by Gasteiger charge is -2.31. The van der Waals surface area contributed by atoms with Crippen molar-refractivity contribution in [1.82, 2.24) is 9.88 Å². The highest BCUT2D eigenvalue weighted by atomic mass is 16.5. The number of aryl methyl sites for hydroxylation is 1. The summed E-state index contributed by atoms with van der Waals surface area (Å²) < 4.78 is 5.21. The molecule has 1 fully saturated rings. The molecule has 0 radical (unpaired) electrons. The molecule has 1 unspecified atom stereocenters. The smallest absolute Gasteiger partial charge is 0.246 e. The number of aromatic nitrogens is 1. The van der Waals surface area contributed by atoms with Crippen LogP contribution < -0.4 is 4.74 Å². The van der Waals surface area contributed by atoms with Gasteiger partial charge in [0, 0.05) is 36.8 Å². The van der Waals surface area contributed by atoms with E-state index in [1.807, 2.05) is 43.3 Å². The van der Waals surface area contributed by atoms with Crippen molar-refractivity contribution in [1.29, 1.82) is 0 Å². The van der Waals surface area contributed by atoms with Crippen LogP contribution in [0.25, 0.3) is 6.08 Å². The molecule has 2 heterocycles. The number of piperidine rings is 1. The molecule has 2 aromatic rings. The average Bonchev–Trinajstić information content (AvgIpc) is 2.72. The van der Waals surface area contributed by atoms with Crippen molar-refractivity contribution in [2.24, 2.45) is 5.92 Å². The van der Waals surface area contributed by atoms with Gasteiger partial charge in [0.25, 0.3) is 0 Å². The van der Waals surface area contributed by atoms with E-state index in [0.29, 0.717) is 18.7 Å². The number of nitrogens with zero attached hydrogens (tertiary/aromatic N) is 2. The summed E-state index contributed by atoms with van der Waals surface area (Å²) in [6, 6.07) is 11.1. The third-order valence-electron chi connectivity index (χ3n) is 4.89. The minimum absolute atomic E-state index is 0.0791. The molecule has 0 N–H and O–H groups in total. The molecule has 0 aliphatic carbocycles. The van der Waals surface area contributed by atoms with Crippen LogP contribution in [-0.2, 0) is 4.79 Å². The van der Waals surface area contributed by atoms with Crippen molar-refractivity contribution in [3.05, 3.63) is 65.5 Å². The fourth-order valence-electron chi connectivity index (χ4n) is 3.39. The van der Waals surface area contributed by atoms with Crippen LogP contribution in [-0.4, -0.2) is 41.8 Å². The molecule has 5 heteroatoms. The van der Waals surface area contributed by atoms with Crippen LogP contribution in [0.15, 0.2) is 48.7 Å². The van der Waals surface area contributed by atoms with E-state index in [1.165, 1.54) is 6.08 Å². The minimum Gasteiger partial charge on any atom is -0.497 e. The van der Waals surface area contributed by atoms with Crippen LogP contribution >= 0.6 is 0 Å². The van der Waals surface area contributed by atoms with Gasteiger partial charge in [-0.2, -0.15) is 0 Å². The Hall–Kier alpha value is -2.95. The zero-order valence-corrected chi connectivity index (χ0v) is 15.7. The molecule has 1 amide bonds. The summed E-state index contributed by atoms with van der Waals surface area (Å²) in [5, 5.41) is 0. The first-order chi connectivity index (χ1) is 13.1. The van der Waals surface area contributed by atoms with E-state index in [2.05, 4.69) is 4.98 Å². The number of ether oxygens (including phenoxy) is 1. The van der Waals surface area contributed by atoms with Crippen LogP contribution in [0.2, 0.25) is 0 Å². The van der Waals surface area contributed by atoms with Crippen molar-refractivity contribution in [2.75, 3.05) is 20.2 Å². The second kappa shape index (κ2) is 8.62. The molecule has 1 atom stereocenters. The number of amides is 1. The molecule has 0 bridgehead atoms. The van der Waals surface area contributed by atoms with Gasteiger partial charge in [-0.3, -0.25) is 14.6 Å². The molecule has 27 heavy (non-hydrogen) atoms.